The van der Waals surface area contributed by atoms with E-state index in [2.05, 4.69) is 9.97 Å². The molecule has 0 radical (unpaired) electrons. The number of hydrogen-bond acceptors (Lipinski definition) is 6. The van der Waals surface area contributed by atoms with Crippen molar-refractivity contribution in [2.24, 2.45) is 5.73 Å². The Morgan fingerprint density at radius 3 is 2.48 bits per heavy atom. The maximum Gasteiger partial charge on any atom is 0.336 e. The van der Waals surface area contributed by atoms with Crippen LogP contribution < -0.4 is 10.5 Å². The Bertz CT molecular complexity index is 741. The maximum atomic E-state index is 11.9. The molecule has 0 unspecified atom stereocenters. The van der Waals surface area contributed by atoms with Gasteiger partial charge in [-0.3, -0.25) is 0 Å². The van der Waals surface area contributed by atoms with E-state index >= 15 is 0 Å². The molecule has 9 heteroatoms. The van der Waals surface area contributed by atoms with Gasteiger partial charge in [-0.25, -0.2) is 19.4 Å². The molecule has 2 rings (SSSR count). The molecule has 2 aromatic rings. The van der Waals surface area contributed by atoms with Crippen molar-refractivity contribution < 1.29 is 29.3 Å². The van der Waals surface area contributed by atoms with E-state index < -0.39 is 35.1 Å². The molecule has 0 amide bonds. The number of aromatic amines is 1. The number of nitrogens with two attached hydrogens (primary N) is 1. The number of nitrogens with zero attached hydrogens (tertiary/aromatic N) is 1. The molecule has 0 aliphatic heterocycles. The van der Waals surface area contributed by atoms with Crippen LogP contribution in [0.4, 0.5) is 0 Å². The Labute approximate surface area is 129 Å². The number of carboxylic acid groups (broad SMARTS) is 2. The molecular formula is C14H13N3O6. The highest BCUT2D eigenvalue weighted by molar-refractivity contribution is 6.02. The minimum atomic E-state index is -1.44. The number of H-pyrrole nitrogens is 1. The molecule has 0 spiro atoms. The highest BCUT2D eigenvalue weighted by Gasteiger charge is 2.21. The van der Waals surface area contributed by atoms with Gasteiger partial charge in [-0.2, -0.15) is 0 Å². The van der Waals surface area contributed by atoms with Crippen LogP contribution in [0.3, 0.4) is 0 Å². The topological polar surface area (TPSA) is 156 Å². The number of carbonyl (C=O) groups is 3. The molecule has 1 heterocycles. The van der Waals surface area contributed by atoms with Crippen LogP contribution in [0, 0.1) is 0 Å². The van der Waals surface area contributed by atoms with Crippen LogP contribution in [0.2, 0.25) is 0 Å². The van der Waals surface area contributed by atoms with Gasteiger partial charge < -0.3 is 25.7 Å². The Morgan fingerprint density at radius 2 is 1.91 bits per heavy atom. The zero-order valence-corrected chi connectivity index (χ0v) is 11.7. The van der Waals surface area contributed by atoms with Crippen molar-refractivity contribution in [3.05, 3.63) is 47.5 Å². The summed E-state index contributed by atoms with van der Waals surface area (Å²) in [5.74, 6) is -3.72. The molecule has 0 aliphatic rings. The van der Waals surface area contributed by atoms with Gasteiger partial charge in [0.25, 0.3) is 0 Å². The number of aromatic carboxylic acids is 2. The van der Waals surface area contributed by atoms with Crippen molar-refractivity contribution in [2.75, 3.05) is 0 Å². The number of rotatable bonds is 6. The minimum Gasteiger partial charge on any atom is -0.478 e. The van der Waals surface area contributed by atoms with E-state index in [1.165, 1.54) is 12.4 Å². The molecule has 1 atom stereocenters. The summed E-state index contributed by atoms with van der Waals surface area (Å²) in [6.07, 6.45) is 3.16. The summed E-state index contributed by atoms with van der Waals surface area (Å²) in [6, 6.07) is 2.21. The summed E-state index contributed by atoms with van der Waals surface area (Å²) >= 11 is 0. The standard InChI is InChI=1S/C14H13N3O6/c15-11(3-7-5-16-6-17-7)14(22)23-8-1-2-9(12(18)19)10(4-8)13(20)21/h1-2,4-6,11H,3,15H2,(H,16,17)(H,18,19)(H,20,21)/t11-/m0/s1. The van der Waals surface area contributed by atoms with Crippen LogP contribution in [0.1, 0.15) is 26.4 Å². The summed E-state index contributed by atoms with van der Waals surface area (Å²) in [5, 5.41) is 17.9. The van der Waals surface area contributed by atoms with Crippen LogP contribution in [-0.4, -0.2) is 44.1 Å². The smallest absolute Gasteiger partial charge is 0.336 e. The average Bonchev–Trinajstić information content (AvgIpc) is 2.99. The third kappa shape index (κ3) is 3.92. The molecule has 5 N–H and O–H groups in total. The lowest BCUT2D eigenvalue weighted by Gasteiger charge is -2.11. The van der Waals surface area contributed by atoms with Gasteiger partial charge in [-0.1, -0.05) is 0 Å². The number of aromatic nitrogens is 2. The summed E-state index contributed by atoms with van der Waals surface area (Å²) in [4.78, 5) is 40.6. The predicted molar refractivity (Wildman–Crippen MR) is 76.3 cm³/mol. The van der Waals surface area contributed by atoms with Crippen molar-refractivity contribution in [1.29, 1.82) is 0 Å². The number of imidazole rings is 1. The first-order valence-corrected chi connectivity index (χ1v) is 6.44. The van der Waals surface area contributed by atoms with Gasteiger partial charge in [-0.05, 0) is 18.2 Å². The zero-order chi connectivity index (χ0) is 17.0. The fourth-order valence-electron chi connectivity index (χ4n) is 1.85. The van der Waals surface area contributed by atoms with E-state index in [0.29, 0.717) is 5.69 Å². The Balaban J connectivity index is 2.13. The number of benzene rings is 1. The summed E-state index contributed by atoms with van der Waals surface area (Å²) in [5.41, 5.74) is 5.38. The first kappa shape index (κ1) is 16.2. The fourth-order valence-corrected chi connectivity index (χ4v) is 1.85. The van der Waals surface area contributed by atoms with Crippen molar-refractivity contribution >= 4 is 17.9 Å². The van der Waals surface area contributed by atoms with Crippen LogP contribution >= 0.6 is 0 Å². The summed E-state index contributed by atoms with van der Waals surface area (Å²) in [7, 11) is 0. The minimum absolute atomic E-state index is 0.102. The monoisotopic (exact) mass is 319 g/mol. The van der Waals surface area contributed by atoms with Crippen molar-refractivity contribution in [1.82, 2.24) is 9.97 Å². The molecule has 9 nitrogen and oxygen atoms in total. The van der Waals surface area contributed by atoms with E-state index in [1.807, 2.05) is 0 Å². The predicted octanol–water partition coefficient (Wildman–Crippen LogP) is 0.281. The average molecular weight is 319 g/mol. The third-order valence-corrected chi connectivity index (χ3v) is 2.96. The third-order valence-electron chi connectivity index (χ3n) is 2.96. The zero-order valence-electron chi connectivity index (χ0n) is 11.7. The van der Waals surface area contributed by atoms with E-state index in [1.54, 1.807) is 6.20 Å². The van der Waals surface area contributed by atoms with Crippen LogP contribution in [0.15, 0.2) is 30.7 Å². The van der Waals surface area contributed by atoms with Crippen molar-refractivity contribution in [3.63, 3.8) is 0 Å². The van der Waals surface area contributed by atoms with E-state index in [9.17, 15) is 14.4 Å². The molecular weight excluding hydrogens is 306 g/mol. The van der Waals surface area contributed by atoms with E-state index in [0.717, 1.165) is 12.1 Å². The number of carboxylic acids is 2. The maximum absolute atomic E-state index is 11.9. The highest BCUT2D eigenvalue weighted by Crippen LogP contribution is 2.19. The van der Waals surface area contributed by atoms with E-state index in [4.69, 9.17) is 20.7 Å². The lowest BCUT2D eigenvalue weighted by molar-refractivity contribution is -0.135. The number of hydrogen-bond donors (Lipinski definition) is 4. The molecule has 0 bridgehead atoms. The molecule has 23 heavy (non-hydrogen) atoms. The second-order valence-corrected chi connectivity index (χ2v) is 4.61. The van der Waals surface area contributed by atoms with Crippen molar-refractivity contribution in [3.8, 4) is 5.75 Å². The van der Waals surface area contributed by atoms with Crippen molar-refractivity contribution in [2.45, 2.75) is 12.5 Å². The molecule has 0 aliphatic carbocycles. The quantitative estimate of drug-likeness (QED) is 0.437. The highest BCUT2D eigenvalue weighted by atomic mass is 16.5. The lowest BCUT2D eigenvalue weighted by Crippen LogP contribution is -2.36. The largest absolute Gasteiger partial charge is 0.478 e. The summed E-state index contributed by atoms with van der Waals surface area (Å²) < 4.78 is 4.99. The number of nitrogens with one attached hydrogen (secondary N) is 1. The van der Waals surface area contributed by atoms with Gasteiger partial charge in [0, 0.05) is 12.6 Å². The lowest BCUT2D eigenvalue weighted by atomic mass is 10.1. The SMILES string of the molecule is N[C@@H](Cc1c[nH]cn1)C(=O)Oc1ccc(C(=O)O)c(C(=O)O)c1. The second kappa shape index (κ2) is 6.71. The van der Waals surface area contributed by atoms with Gasteiger partial charge in [0.15, 0.2) is 0 Å². The van der Waals surface area contributed by atoms with Gasteiger partial charge >= 0.3 is 17.9 Å². The summed E-state index contributed by atoms with van der Waals surface area (Å²) in [6.45, 7) is 0. The molecule has 0 fully saturated rings. The molecule has 1 aromatic carbocycles. The van der Waals surface area contributed by atoms with Gasteiger partial charge in [0.05, 0.1) is 23.1 Å². The number of ether oxygens (including phenoxy) is 1. The second-order valence-electron chi connectivity index (χ2n) is 4.61. The Morgan fingerprint density at radius 1 is 1.22 bits per heavy atom. The molecule has 0 saturated heterocycles. The van der Waals surface area contributed by atoms with Crippen LogP contribution in [-0.2, 0) is 11.2 Å². The molecule has 120 valence electrons. The first-order valence-electron chi connectivity index (χ1n) is 6.44. The first-order chi connectivity index (χ1) is 10.9. The normalized spacial score (nSPS) is 11.7. The van der Waals surface area contributed by atoms with E-state index in [-0.39, 0.29) is 12.2 Å². The Hall–Kier alpha value is -3.20. The molecule has 0 saturated carbocycles. The Kier molecular flexibility index (Phi) is 4.72. The van der Waals surface area contributed by atoms with Gasteiger partial charge in [0.1, 0.15) is 11.8 Å². The number of esters is 1. The fraction of sp³-hybridized carbons (Fsp3) is 0.143. The van der Waals surface area contributed by atoms with Crippen LogP contribution in [0.25, 0.3) is 0 Å². The van der Waals surface area contributed by atoms with Gasteiger partial charge in [0.2, 0.25) is 0 Å². The number of carbonyl (C=O) groups excluding carboxylic acids is 1. The van der Waals surface area contributed by atoms with Gasteiger partial charge in [-0.15, -0.1) is 0 Å². The van der Waals surface area contributed by atoms with Crippen LogP contribution in [0.5, 0.6) is 5.75 Å². The molecule has 1 aromatic heterocycles.